The highest BCUT2D eigenvalue weighted by Crippen LogP contribution is 2.38. The molecule has 1 aliphatic rings. The summed E-state index contributed by atoms with van der Waals surface area (Å²) >= 11 is 1.82. The number of ether oxygens (including phenoxy) is 2. The molecule has 0 spiro atoms. The maximum absolute atomic E-state index is 11.4. The Morgan fingerprint density at radius 1 is 1.56 bits per heavy atom. The largest absolute Gasteiger partial charge is 0.469 e. The predicted octanol–water partition coefficient (Wildman–Crippen LogP) is 3.12. The summed E-state index contributed by atoms with van der Waals surface area (Å²) < 4.78 is 10.3. The van der Waals surface area contributed by atoms with E-state index in [9.17, 15) is 4.79 Å². The van der Waals surface area contributed by atoms with Gasteiger partial charge in [0.25, 0.3) is 0 Å². The number of aryl methyl sites for hydroxylation is 1. The zero-order valence-electron chi connectivity index (χ0n) is 11.2. The van der Waals surface area contributed by atoms with Crippen LogP contribution in [0.4, 0.5) is 0 Å². The van der Waals surface area contributed by atoms with E-state index in [1.807, 2.05) is 18.3 Å². The molecule has 3 nitrogen and oxygen atoms in total. The fraction of sp³-hybridized carbons (Fsp3) is 0.643. The third-order valence-corrected chi connectivity index (χ3v) is 4.74. The molecule has 0 fully saturated rings. The van der Waals surface area contributed by atoms with Gasteiger partial charge in [-0.25, -0.2) is 0 Å². The maximum atomic E-state index is 11.4. The topological polar surface area (TPSA) is 35.5 Å². The van der Waals surface area contributed by atoms with E-state index < -0.39 is 0 Å². The monoisotopic (exact) mass is 268 g/mol. The zero-order valence-corrected chi connectivity index (χ0v) is 12.0. The van der Waals surface area contributed by atoms with Crippen molar-refractivity contribution in [3.05, 3.63) is 21.4 Å². The maximum Gasteiger partial charge on any atom is 0.308 e. The summed E-state index contributed by atoms with van der Waals surface area (Å²) in [6.07, 6.45) is 4.45. The summed E-state index contributed by atoms with van der Waals surface area (Å²) in [5.41, 5.74) is 1.33. The smallest absolute Gasteiger partial charge is 0.308 e. The minimum atomic E-state index is -0.135. The minimum Gasteiger partial charge on any atom is -0.469 e. The molecular weight excluding hydrogens is 248 g/mol. The lowest BCUT2D eigenvalue weighted by atomic mass is 9.95. The fourth-order valence-electron chi connectivity index (χ4n) is 2.50. The first-order valence-corrected chi connectivity index (χ1v) is 7.19. The van der Waals surface area contributed by atoms with Crippen LogP contribution < -0.4 is 0 Å². The number of hydrogen-bond donors (Lipinski definition) is 0. The normalized spacial score (nSPS) is 20.3. The van der Waals surface area contributed by atoms with E-state index in [-0.39, 0.29) is 18.0 Å². The van der Waals surface area contributed by atoms with Gasteiger partial charge in [0.1, 0.15) is 0 Å². The minimum absolute atomic E-state index is 0.0731. The van der Waals surface area contributed by atoms with Crippen molar-refractivity contribution in [1.29, 1.82) is 0 Å². The standard InChI is InChI=1S/C14H20O3S/c1-9(14(15)17-3)7-10-8-11-12(16-2)5-4-6-13(11)18-10/h8-9,12H,4-7H2,1-3H3. The molecule has 2 unspecified atom stereocenters. The van der Waals surface area contributed by atoms with Crippen molar-refractivity contribution in [2.75, 3.05) is 14.2 Å². The molecule has 2 rings (SSSR count). The van der Waals surface area contributed by atoms with Crippen molar-refractivity contribution < 1.29 is 14.3 Å². The Hall–Kier alpha value is -0.870. The van der Waals surface area contributed by atoms with Crippen molar-refractivity contribution in [1.82, 2.24) is 0 Å². The molecule has 0 aliphatic heterocycles. The fourth-order valence-corrected chi connectivity index (χ4v) is 3.89. The van der Waals surface area contributed by atoms with E-state index in [0.29, 0.717) is 0 Å². The third kappa shape index (κ3) is 2.75. The van der Waals surface area contributed by atoms with Crippen LogP contribution in [-0.2, 0) is 27.1 Å². The predicted molar refractivity (Wildman–Crippen MR) is 71.9 cm³/mol. The van der Waals surface area contributed by atoms with Gasteiger partial charge < -0.3 is 9.47 Å². The molecule has 1 heterocycles. The number of carbonyl (C=O) groups is 1. The van der Waals surface area contributed by atoms with Gasteiger partial charge in [0.05, 0.1) is 19.1 Å². The molecule has 1 aromatic heterocycles. The van der Waals surface area contributed by atoms with E-state index in [1.54, 1.807) is 7.11 Å². The van der Waals surface area contributed by atoms with Crippen LogP contribution in [0.1, 0.15) is 41.2 Å². The summed E-state index contributed by atoms with van der Waals surface area (Å²) in [6, 6.07) is 2.22. The second-order valence-electron chi connectivity index (χ2n) is 4.84. The van der Waals surface area contributed by atoms with Gasteiger partial charge in [-0.3, -0.25) is 4.79 Å². The van der Waals surface area contributed by atoms with Crippen LogP contribution in [0.15, 0.2) is 6.07 Å². The van der Waals surface area contributed by atoms with Crippen molar-refractivity contribution in [3.63, 3.8) is 0 Å². The first kappa shape index (κ1) is 13.6. The summed E-state index contributed by atoms with van der Waals surface area (Å²) in [5.74, 6) is -0.208. The van der Waals surface area contributed by atoms with Crippen LogP contribution in [0, 0.1) is 5.92 Å². The van der Waals surface area contributed by atoms with E-state index >= 15 is 0 Å². The average molecular weight is 268 g/mol. The number of esters is 1. The quantitative estimate of drug-likeness (QED) is 0.787. The molecule has 18 heavy (non-hydrogen) atoms. The van der Waals surface area contributed by atoms with Crippen molar-refractivity contribution in [2.24, 2.45) is 5.92 Å². The molecule has 4 heteroatoms. The molecule has 0 N–H and O–H groups in total. The molecule has 0 bridgehead atoms. The van der Waals surface area contributed by atoms with Crippen molar-refractivity contribution in [3.8, 4) is 0 Å². The van der Waals surface area contributed by atoms with Crippen LogP contribution in [0.2, 0.25) is 0 Å². The molecular formula is C14H20O3S. The number of carbonyl (C=O) groups excluding carboxylic acids is 1. The van der Waals surface area contributed by atoms with E-state index in [2.05, 4.69) is 6.07 Å². The van der Waals surface area contributed by atoms with Gasteiger partial charge in [-0.1, -0.05) is 6.92 Å². The summed E-state index contributed by atoms with van der Waals surface area (Å²) in [4.78, 5) is 14.1. The average Bonchev–Trinajstić information content (AvgIpc) is 2.79. The van der Waals surface area contributed by atoms with E-state index in [0.717, 1.165) is 19.3 Å². The molecule has 100 valence electrons. The van der Waals surface area contributed by atoms with Crippen LogP contribution in [0.25, 0.3) is 0 Å². The van der Waals surface area contributed by atoms with Gasteiger partial charge in [-0.15, -0.1) is 11.3 Å². The van der Waals surface area contributed by atoms with Gasteiger partial charge >= 0.3 is 5.97 Å². The van der Waals surface area contributed by atoms with Gasteiger partial charge in [0.15, 0.2) is 0 Å². The second-order valence-corrected chi connectivity index (χ2v) is 6.06. The molecule has 2 atom stereocenters. The highest BCUT2D eigenvalue weighted by molar-refractivity contribution is 7.12. The lowest BCUT2D eigenvalue weighted by molar-refractivity contribution is -0.144. The van der Waals surface area contributed by atoms with Crippen LogP contribution in [0.5, 0.6) is 0 Å². The lowest BCUT2D eigenvalue weighted by Crippen LogP contribution is -2.14. The van der Waals surface area contributed by atoms with E-state index in [1.165, 1.54) is 28.8 Å². The summed E-state index contributed by atoms with van der Waals surface area (Å²) in [6.45, 7) is 1.92. The first-order valence-electron chi connectivity index (χ1n) is 6.37. The van der Waals surface area contributed by atoms with Crippen molar-refractivity contribution >= 4 is 17.3 Å². The molecule has 0 saturated heterocycles. The van der Waals surface area contributed by atoms with E-state index in [4.69, 9.17) is 9.47 Å². The highest BCUT2D eigenvalue weighted by atomic mass is 32.1. The Kier molecular flexibility index (Phi) is 4.40. The van der Waals surface area contributed by atoms with Crippen LogP contribution in [-0.4, -0.2) is 20.2 Å². The van der Waals surface area contributed by atoms with Crippen molar-refractivity contribution in [2.45, 2.75) is 38.7 Å². The van der Waals surface area contributed by atoms with Gasteiger partial charge in [-0.2, -0.15) is 0 Å². The summed E-state index contributed by atoms with van der Waals surface area (Å²) in [5, 5.41) is 0. The molecule has 0 amide bonds. The Morgan fingerprint density at radius 2 is 2.33 bits per heavy atom. The van der Waals surface area contributed by atoms with Crippen LogP contribution >= 0.6 is 11.3 Å². The molecule has 0 radical (unpaired) electrons. The second kappa shape index (κ2) is 5.85. The summed E-state index contributed by atoms with van der Waals surface area (Å²) in [7, 11) is 3.22. The Morgan fingerprint density at radius 3 is 3.00 bits per heavy atom. The Bertz CT molecular complexity index is 425. The number of methoxy groups -OCH3 is 2. The zero-order chi connectivity index (χ0) is 13.1. The number of rotatable bonds is 4. The highest BCUT2D eigenvalue weighted by Gasteiger charge is 2.24. The molecule has 0 saturated carbocycles. The molecule has 1 aromatic rings. The molecule has 0 aromatic carbocycles. The van der Waals surface area contributed by atoms with Gasteiger partial charge in [0, 0.05) is 16.9 Å². The Balaban J connectivity index is 2.12. The van der Waals surface area contributed by atoms with Crippen LogP contribution in [0.3, 0.4) is 0 Å². The number of fused-ring (bicyclic) bond motifs is 1. The third-order valence-electron chi connectivity index (χ3n) is 3.51. The number of thiophene rings is 1. The molecule has 1 aliphatic carbocycles. The lowest BCUT2D eigenvalue weighted by Gasteiger charge is -2.20. The first-order chi connectivity index (χ1) is 8.65. The SMILES string of the molecule is COC(=O)C(C)Cc1cc2c(s1)CCCC2OC. The van der Waals surface area contributed by atoms with Gasteiger partial charge in [0.2, 0.25) is 0 Å². The van der Waals surface area contributed by atoms with Gasteiger partial charge in [-0.05, 0) is 37.3 Å². The number of hydrogen-bond acceptors (Lipinski definition) is 4. The Labute approximate surface area is 112 Å².